The quantitative estimate of drug-likeness (QED) is 0.663. The molecule has 1 aromatic heterocycles. The van der Waals surface area contributed by atoms with Crippen molar-refractivity contribution < 1.29 is 9.53 Å². The van der Waals surface area contributed by atoms with Gasteiger partial charge < -0.3 is 10.1 Å². The Kier molecular flexibility index (Phi) is 6.94. The van der Waals surface area contributed by atoms with Gasteiger partial charge >= 0.3 is 5.97 Å². The molecule has 0 amide bonds. The van der Waals surface area contributed by atoms with Crippen LogP contribution < -0.4 is 10.1 Å². The molecular formula is C22H31N3O2. The van der Waals surface area contributed by atoms with Crippen LogP contribution in [0.25, 0.3) is 0 Å². The lowest BCUT2D eigenvalue weighted by Crippen LogP contribution is -2.26. The minimum Gasteiger partial charge on any atom is -0.422 e. The molecule has 0 bridgehead atoms. The van der Waals surface area contributed by atoms with Crippen LogP contribution in [0.1, 0.15) is 70.0 Å². The second-order valence-electron chi connectivity index (χ2n) is 7.94. The first-order chi connectivity index (χ1) is 12.7. The number of esters is 1. The van der Waals surface area contributed by atoms with E-state index in [0.717, 1.165) is 19.3 Å². The van der Waals surface area contributed by atoms with E-state index in [1.807, 2.05) is 52.8 Å². The summed E-state index contributed by atoms with van der Waals surface area (Å²) in [6, 6.07) is 10.5. The molecule has 1 atom stereocenters. The predicted octanol–water partition coefficient (Wildman–Crippen LogP) is 5.39. The summed E-state index contributed by atoms with van der Waals surface area (Å²) < 4.78 is 5.56. The fourth-order valence-corrected chi connectivity index (χ4v) is 2.74. The lowest BCUT2D eigenvalue weighted by atomic mass is 9.97. The second kappa shape index (κ2) is 8.98. The summed E-state index contributed by atoms with van der Waals surface area (Å²) in [5.74, 6) is 0.721. The Hall–Kier alpha value is -2.43. The molecule has 0 aliphatic rings. The van der Waals surface area contributed by atoms with Crippen LogP contribution in [0, 0.1) is 19.3 Å². The molecule has 1 heterocycles. The van der Waals surface area contributed by atoms with Gasteiger partial charge in [0.2, 0.25) is 5.95 Å². The Morgan fingerprint density at radius 2 is 1.70 bits per heavy atom. The van der Waals surface area contributed by atoms with Gasteiger partial charge in [0, 0.05) is 0 Å². The van der Waals surface area contributed by atoms with Crippen LogP contribution >= 0.6 is 0 Å². The molecular weight excluding hydrogens is 338 g/mol. The molecule has 5 nitrogen and oxygen atoms in total. The normalized spacial score (nSPS) is 12.5. The van der Waals surface area contributed by atoms with Crippen LogP contribution in [0.5, 0.6) is 5.75 Å². The molecule has 1 unspecified atom stereocenters. The fourth-order valence-electron chi connectivity index (χ4n) is 2.74. The summed E-state index contributed by atoms with van der Waals surface area (Å²) in [7, 11) is 0. The van der Waals surface area contributed by atoms with E-state index in [1.54, 1.807) is 0 Å². The number of hydrogen-bond acceptors (Lipinski definition) is 5. The molecule has 0 fully saturated rings. The van der Waals surface area contributed by atoms with E-state index >= 15 is 0 Å². The molecule has 1 aromatic carbocycles. The van der Waals surface area contributed by atoms with Crippen molar-refractivity contribution in [1.29, 1.82) is 0 Å². The van der Waals surface area contributed by atoms with Crippen molar-refractivity contribution >= 4 is 11.9 Å². The maximum Gasteiger partial charge on any atom is 0.316 e. The van der Waals surface area contributed by atoms with E-state index in [0.29, 0.717) is 23.1 Å². The molecule has 27 heavy (non-hydrogen) atoms. The van der Waals surface area contributed by atoms with Gasteiger partial charge in [-0.15, -0.1) is 0 Å². The Morgan fingerprint density at radius 1 is 1.11 bits per heavy atom. The van der Waals surface area contributed by atoms with Crippen molar-refractivity contribution in [3.05, 3.63) is 47.3 Å². The minimum atomic E-state index is -0.575. The number of carbonyl (C=O) groups is 1. The highest BCUT2D eigenvalue weighted by Crippen LogP contribution is 2.28. The van der Waals surface area contributed by atoms with E-state index in [2.05, 4.69) is 34.3 Å². The van der Waals surface area contributed by atoms with Gasteiger partial charge in [0.1, 0.15) is 0 Å². The molecule has 0 saturated carbocycles. The van der Waals surface area contributed by atoms with Gasteiger partial charge in [0.05, 0.1) is 22.8 Å². The minimum absolute atomic E-state index is 0.146. The highest BCUT2D eigenvalue weighted by Gasteiger charge is 2.26. The van der Waals surface area contributed by atoms with E-state index in [-0.39, 0.29) is 12.0 Å². The molecule has 2 rings (SSSR count). The number of ether oxygens (including phenoxy) is 1. The van der Waals surface area contributed by atoms with Gasteiger partial charge in [0.25, 0.3) is 0 Å². The van der Waals surface area contributed by atoms with Crippen LogP contribution in [0.2, 0.25) is 0 Å². The van der Waals surface area contributed by atoms with Gasteiger partial charge in [-0.3, -0.25) is 4.79 Å². The third-order valence-electron chi connectivity index (χ3n) is 4.36. The number of aryl methyl sites for hydroxylation is 2. The van der Waals surface area contributed by atoms with Crippen molar-refractivity contribution in [1.82, 2.24) is 9.97 Å². The summed E-state index contributed by atoms with van der Waals surface area (Å²) in [6.07, 6.45) is 3.25. The van der Waals surface area contributed by atoms with Gasteiger partial charge in [-0.1, -0.05) is 50.1 Å². The lowest BCUT2D eigenvalue weighted by molar-refractivity contribution is -0.143. The summed E-state index contributed by atoms with van der Waals surface area (Å²) in [6.45, 7) is 11.4. The van der Waals surface area contributed by atoms with Gasteiger partial charge in [-0.05, 0) is 46.6 Å². The Bertz CT molecular complexity index is 744. The monoisotopic (exact) mass is 369 g/mol. The number of aromatic nitrogens is 2. The van der Waals surface area contributed by atoms with Crippen molar-refractivity contribution in [3.63, 3.8) is 0 Å². The molecule has 0 saturated heterocycles. The molecule has 146 valence electrons. The first kappa shape index (κ1) is 20.9. The molecule has 0 aliphatic heterocycles. The van der Waals surface area contributed by atoms with Crippen molar-refractivity contribution in [2.45, 2.75) is 66.8 Å². The maximum atomic E-state index is 12.2. The smallest absolute Gasteiger partial charge is 0.316 e. The molecule has 0 radical (unpaired) electrons. The predicted molar refractivity (Wildman–Crippen MR) is 109 cm³/mol. The number of carbonyl (C=O) groups excluding carboxylic acids is 1. The van der Waals surface area contributed by atoms with Crippen molar-refractivity contribution in [2.24, 2.45) is 5.41 Å². The van der Waals surface area contributed by atoms with Crippen LogP contribution in [-0.4, -0.2) is 15.9 Å². The Labute approximate surface area is 162 Å². The summed E-state index contributed by atoms with van der Waals surface area (Å²) in [5.41, 5.74) is 1.96. The van der Waals surface area contributed by atoms with E-state index < -0.39 is 5.41 Å². The van der Waals surface area contributed by atoms with Gasteiger partial charge in [-0.25, -0.2) is 9.97 Å². The fraction of sp³-hybridized carbons (Fsp3) is 0.500. The third kappa shape index (κ3) is 5.78. The molecule has 1 N–H and O–H groups in total. The van der Waals surface area contributed by atoms with Crippen LogP contribution in [0.3, 0.4) is 0 Å². The molecule has 0 aliphatic carbocycles. The number of nitrogens with one attached hydrogen (secondary N) is 1. The number of benzene rings is 1. The molecule has 2 aromatic rings. The van der Waals surface area contributed by atoms with Crippen LogP contribution in [0.4, 0.5) is 5.95 Å². The Balaban J connectivity index is 2.24. The zero-order valence-electron chi connectivity index (χ0n) is 17.3. The second-order valence-corrected chi connectivity index (χ2v) is 7.94. The number of hydrogen-bond donors (Lipinski definition) is 1. The SMILES string of the molecule is CCCCC(Nc1nc(C)c(OC(=O)C(C)(C)C)c(C)n1)c1ccccc1. The molecule has 0 spiro atoms. The van der Waals surface area contributed by atoms with Crippen molar-refractivity contribution in [2.75, 3.05) is 5.32 Å². The van der Waals surface area contributed by atoms with Crippen molar-refractivity contribution in [3.8, 4) is 5.75 Å². The van der Waals surface area contributed by atoms with E-state index in [9.17, 15) is 4.79 Å². The van der Waals surface area contributed by atoms with Gasteiger partial charge in [-0.2, -0.15) is 0 Å². The molecule has 5 heteroatoms. The standard InChI is InChI=1S/C22H31N3O2/c1-7-8-14-18(17-12-10-9-11-13-17)25-21-23-15(2)19(16(3)24-21)27-20(26)22(4,5)6/h9-13,18H,7-8,14H2,1-6H3,(H,23,24,25). The summed E-state index contributed by atoms with van der Waals surface area (Å²) in [4.78, 5) is 21.3. The van der Waals surface area contributed by atoms with E-state index in [1.165, 1.54) is 5.56 Å². The van der Waals surface area contributed by atoms with E-state index in [4.69, 9.17) is 4.74 Å². The zero-order valence-corrected chi connectivity index (χ0v) is 17.3. The van der Waals surface area contributed by atoms with Crippen LogP contribution in [-0.2, 0) is 4.79 Å². The number of unbranched alkanes of at least 4 members (excludes halogenated alkanes) is 1. The first-order valence-electron chi connectivity index (χ1n) is 9.61. The average Bonchev–Trinajstić information content (AvgIpc) is 2.61. The highest BCUT2D eigenvalue weighted by molar-refractivity contribution is 5.78. The third-order valence-corrected chi connectivity index (χ3v) is 4.36. The maximum absolute atomic E-state index is 12.2. The lowest BCUT2D eigenvalue weighted by Gasteiger charge is -2.21. The summed E-state index contributed by atoms with van der Waals surface area (Å²) in [5, 5.41) is 3.46. The number of nitrogens with zero attached hydrogens (tertiary/aromatic N) is 2. The first-order valence-corrected chi connectivity index (χ1v) is 9.61. The van der Waals surface area contributed by atoms with Gasteiger partial charge in [0.15, 0.2) is 5.75 Å². The highest BCUT2D eigenvalue weighted by atomic mass is 16.5. The largest absolute Gasteiger partial charge is 0.422 e. The number of rotatable bonds is 7. The Morgan fingerprint density at radius 3 is 2.22 bits per heavy atom. The average molecular weight is 370 g/mol. The topological polar surface area (TPSA) is 64.1 Å². The zero-order chi connectivity index (χ0) is 20.0. The number of anilines is 1. The summed E-state index contributed by atoms with van der Waals surface area (Å²) >= 11 is 0. The van der Waals surface area contributed by atoms with Crippen LogP contribution in [0.15, 0.2) is 30.3 Å².